The van der Waals surface area contributed by atoms with E-state index < -0.39 is 29.9 Å². The van der Waals surface area contributed by atoms with Gasteiger partial charge in [-0.2, -0.15) is 0 Å². The molecular weight excluding hydrogens is 557 g/mol. The molecule has 2 amide bonds. The molecule has 4 aromatic rings. The first-order valence-electron chi connectivity index (χ1n) is 11.2. The Balaban J connectivity index is 1.49. The molecule has 37 heavy (non-hydrogen) atoms. The molecule has 6 rings (SSSR count). The fourth-order valence-electron chi connectivity index (χ4n) is 4.71. The monoisotopic (exact) mass is 571 g/mol. The Bertz CT molecular complexity index is 1590. The molecule has 11 heteroatoms. The van der Waals surface area contributed by atoms with E-state index in [-0.39, 0.29) is 20.7 Å². The van der Waals surface area contributed by atoms with Crippen molar-refractivity contribution in [1.29, 1.82) is 0 Å². The zero-order chi connectivity index (χ0) is 25.8. The minimum absolute atomic E-state index is 0.157. The zero-order valence-electron chi connectivity index (χ0n) is 18.8. The van der Waals surface area contributed by atoms with Gasteiger partial charge in [-0.15, -0.1) is 0 Å². The number of fused-ring (bicyclic) bond motifs is 1. The van der Waals surface area contributed by atoms with Gasteiger partial charge in [0.05, 0.1) is 32.0 Å². The van der Waals surface area contributed by atoms with E-state index in [0.717, 1.165) is 16.2 Å². The number of rotatable bonds is 4. The number of hydrogen-bond acceptors (Lipinski definition) is 6. The van der Waals surface area contributed by atoms with Gasteiger partial charge in [0.15, 0.2) is 6.10 Å². The first-order valence-corrected chi connectivity index (χ1v) is 13.1. The van der Waals surface area contributed by atoms with Crippen LogP contribution in [0.15, 0.2) is 83.7 Å². The third-order valence-electron chi connectivity index (χ3n) is 6.35. The number of carbonyl (C=O) groups excluding carboxylic acids is 2. The van der Waals surface area contributed by atoms with E-state index in [0.29, 0.717) is 21.3 Å². The standard InChI is InChI=1S/C26H16Cl3N3O4S/c27-17-12-11-16(13-18(17)28)31-24(33)19-20(32(36-21(19)25(31)34)15-9-5-2-6-10-15)22-23(29)30(26(35)37-22)14-7-3-1-4-8-14/h1-13,19-21H/t19-,20+,21+/m0/s1. The summed E-state index contributed by atoms with van der Waals surface area (Å²) in [5, 5.41) is 2.17. The van der Waals surface area contributed by atoms with E-state index >= 15 is 0 Å². The van der Waals surface area contributed by atoms with Crippen molar-refractivity contribution in [3.05, 3.63) is 109 Å². The van der Waals surface area contributed by atoms with Crippen LogP contribution >= 0.6 is 46.1 Å². The number of para-hydroxylation sites is 2. The molecule has 3 atom stereocenters. The maximum atomic E-state index is 13.8. The molecule has 2 aliphatic rings. The van der Waals surface area contributed by atoms with Gasteiger partial charge in [-0.3, -0.25) is 23.8 Å². The van der Waals surface area contributed by atoms with E-state index in [2.05, 4.69) is 0 Å². The van der Waals surface area contributed by atoms with Gasteiger partial charge >= 0.3 is 4.87 Å². The lowest BCUT2D eigenvalue weighted by atomic mass is 9.95. The Kier molecular flexibility index (Phi) is 6.09. The molecule has 0 aliphatic carbocycles. The highest BCUT2D eigenvalue weighted by Gasteiger charge is 2.61. The van der Waals surface area contributed by atoms with Crippen molar-refractivity contribution < 1.29 is 14.4 Å². The Morgan fingerprint density at radius 2 is 1.38 bits per heavy atom. The van der Waals surface area contributed by atoms with Crippen molar-refractivity contribution in [3.63, 3.8) is 0 Å². The number of hydroxylamine groups is 1. The molecule has 1 aromatic heterocycles. The third-order valence-corrected chi connectivity index (χ3v) is 8.59. The first-order chi connectivity index (χ1) is 17.9. The summed E-state index contributed by atoms with van der Waals surface area (Å²) in [5.41, 5.74) is 1.49. The van der Waals surface area contributed by atoms with Gasteiger partial charge in [-0.05, 0) is 42.5 Å². The number of aromatic nitrogens is 1. The van der Waals surface area contributed by atoms with Crippen LogP contribution in [0.5, 0.6) is 0 Å². The molecule has 0 unspecified atom stereocenters. The van der Waals surface area contributed by atoms with E-state index in [9.17, 15) is 14.4 Å². The van der Waals surface area contributed by atoms with E-state index in [1.165, 1.54) is 21.8 Å². The van der Waals surface area contributed by atoms with Gasteiger partial charge in [0.25, 0.3) is 5.91 Å². The maximum Gasteiger partial charge on any atom is 0.313 e. The van der Waals surface area contributed by atoms with E-state index in [4.69, 9.17) is 39.6 Å². The number of amides is 2. The molecule has 3 heterocycles. The van der Waals surface area contributed by atoms with Crippen LogP contribution in [-0.2, 0) is 14.4 Å². The molecule has 186 valence electrons. The second-order valence-electron chi connectivity index (χ2n) is 8.46. The van der Waals surface area contributed by atoms with Crippen LogP contribution in [-0.4, -0.2) is 22.5 Å². The molecule has 0 bridgehead atoms. The summed E-state index contributed by atoms with van der Waals surface area (Å²) < 4.78 is 1.38. The molecule has 0 N–H and O–H groups in total. The van der Waals surface area contributed by atoms with Crippen LogP contribution in [0.3, 0.4) is 0 Å². The fourth-order valence-corrected chi connectivity index (χ4v) is 6.47. The number of benzene rings is 3. The van der Waals surface area contributed by atoms with Crippen molar-refractivity contribution >= 4 is 69.3 Å². The minimum atomic E-state index is -1.12. The fraction of sp³-hybridized carbons (Fsp3) is 0.115. The number of halogens is 3. The lowest BCUT2D eigenvalue weighted by molar-refractivity contribution is -0.126. The highest BCUT2D eigenvalue weighted by Crippen LogP contribution is 2.50. The molecule has 2 saturated heterocycles. The maximum absolute atomic E-state index is 13.8. The van der Waals surface area contributed by atoms with Crippen molar-refractivity contribution in [2.45, 2.75) is 12.1 Å². The van der Waals surface area contributed by atoms with E-state index in [1.807, 2.05) is 24.3 Å². The van der Waals surface area contributed by atoms with Gasteiger partial charge < -0.3 is 0 Å². The van der Waals surface area contributed by atoms with Gasteiger partial charge in [0.2, 0.25) is 5.91 Å². The van der Waals surface area contributed by atoms with E-state index in [1.54, 1.807) is 42.5 Å². The molecule has 0 saturated carbocycles. The Labute approximate surface area is 229 Å². The summed E-state index contributed by atoms with van der Waals surface area (Å²) in [5.74, 6) is -1.98. The predicted molar refractivity (Wildman–Crippen MR) is 144 cm³/mol. The Hall–Kier alpha value is -3.14. The van der Waals surface area contributed by atoms with Crippen molar-refractivity contribution in [2.24, 2.45) is 5.92 Å². The molecule has 0 radical (unpaired) electrons. The number of thiazole rings is 1. The molecule has 0 spiro atoms. The topological polar surface area (TPSA) is 71.8 Å². The second-order valence-corrected chi connectivity index (χ2v) is 10.6. The molecule has 3 aromatic carbocycles. The highest BCUT2D eigenvalue weighted by atomic mass is 35.5. The number of imide groups is 1. The summed E-state index contributed by atoms with van der Waals surface area (Å²) in [4.78, 5) is 47.7. The second kappa shape index (κ2) is 9.31. The number of nitrogens with zero attached hydrogens (tertiary/aromatic N) is 3. The predicted octanol–water partition coefficient (Wildman–Crippen LogP) is 5.91. The van der Waals surface area contributed by atoms with Crippen LogP contribution in [0, 0.1) is 5.92 Å². The Morgan fingerprint density at radius 3 is 2.03 bits per heavy atom. The zero-order valence-corrected chi connectivity index (χ0v) is 21.8. The minimum Gasteiger partial charge on any atom is -0.273 e. The SMILES string of the molecule is O=C1[C@@H]2[C@@H](ON(c3ccccc3)[C@H]2c2sc(=O)n(-c3ccccc3)c2Cl)C(=O)N1c1ccc(Cl)c(Cl)c1. The van der Waals surface area contributed by atoms with Crippen LogP contribution in [0.25, 0.3) is 5.69 Å². The normalized spacial score (nSPS) is 21.1. The quantitative estimate of drug-likeness (QED) is 0.284. The van der Waals surface area contributed by atoms with Gasteiger partial charge in [-0.25, -0.2) is 9.96 Å². The van der Waals surface area contributed by atoms with Gasteiger partial charge in [0, 0.05) is 0 Å². The number of anilines is 2. The smallest absolute Gasteiger partial charge is 0.273 e. The van der Waals surface area contributed by atoms with Crippen LogP contribution < -0.4 is 14.8 Å². The molecule has 7 nitrogen and oxygen atoms in total. The number of hydrogen-bond donors (Lipinski definition) is 0. The summed E-state index contributed by atoms with van der Waals surface area (Å²) in [6, 6.07) is 21.7. The van der Waals surface area contributed by atoms with Gasteiger partial charge in [0.1, 0.15) is 17.1 Å². The molecule has 2 fully saturated rings. The molecule has 2 aliphatic heterocycles. The first kappa shape index (κ1) is 24.2. The van der Waals surface area contributed by atoms with Crippen molar-refractivity contribution in [3.8, 4) is 5.69 Å². The highest BCUT2D eigenvalue weighted by molar-refractivity contribution is 7.10. The average Bonchev–Trinajstić information content (AvgIpc) is 3.51. The van der Waals surface area contributed by atoms with Crippen LogP contribution in [0.1, 0.15) is 10.9 Å². The Morgan fingerprint density at radius 1 is 0.730 bits per heavy atom. The average molecular weight is 573 g/mol. The van der Waals surface area contributed by atoms with Crippen LogP contribution in [0.4, 0.5) is 11.4 Å². The summed E-state index contributed by atoms with van der Waals surface area (Å²) >= 11 is 19.9. The molecular formula is C26H16Cl3N3O4S. The largest absolute Gasteiger partial charge is 0.313 e. The summed E-state index contributed by atoms with van der Waals surface area (Å²) in [6.07, 6.45) is -1.12. The lowest BCUT2D eigenvalue weighted by Gasteiger charge is -2.28. The third kappa shape index (κ3) is 3.88. The van der Waals surface area contributed by atoms with Crippen molar-refractivity contribution in [2.75, 3.05) is 9.96 Å². The lowest BCUT2D eigenvalue weighted by Crippen LogP contribution is -2.37. The number of carbonyl (C=O) groups is 2. The summed E-state index contributed by atoms with van der Waals surface area (Å²) in [7, 11) is 0. The summed E-state index contributed by atoms with van der Waals surface area (Å²) in [6.45, 7) is 0. The van der Waals surface area contributed by atoms with Crippen molar-refractivity contribution in [1.82, 2.24) is 4.57 Å². The van der Waals surface area contributed by atoms with Crippen LogP contribution in [0.2, 0.25) is 15.2 Å². The van der Waals surface area contributed by atoms with Gasteiger partial charge in [-0.1, -0.05) is 82.5 Å².